The normalized spacial score (nSPS) is 21.5. The van der Waals surface area contributed by atoms with E-state index < -0.39 is 0 Å². The monoisotopic (exact) mass is 225 g/mol. The van der Waals surface area contributed by atoms with E-state index in [0.29, 0.717) is 25.0 Å². The molecule has 1 aliphatic rings. The molecule has 0 radical (unpaired) electrons. The van der Waals surface area contributed by atoms with Crippen LogP contribution in [0.25, 0.3) is 0 Å². The van der Waals surface area contributed by atoms with Gasteiger partial charge in [-0.15, -0.1) is 0 Å². The van der Waals surface area contributed by atoms with Crippen LogP contribution in [0.1, 0.15) is 34.1 Å². The molecule has 0 spiro atoms. The fraction of sp³-hybridized carbons (Fsp3) is 0.769. The standard InChI is InChI=1S/C13H23NO2/c1-10(2)7-5-6-8-14-12(11(3)4)9-16-13(14)15/h5-6,10-12H,7-9H2,1-4H3/t12-/m0/s1. The summed E-state index contributed by atoms with van der Waals surface area (Å²) in [6, 6.07) is 0.233. The highest BCUT2D eigenvalue weighted by Crippen LogP contribution is 2.19. The molecule has 1 fully saturated rings. The number of carbonyl (C=O) groups excluding carboxylic acids is 1. The van der Waals surface area contributed by atoms with E-state index in [-0.39, 0.29) is 12.1 Å². The van der Waals surface area contributed by atoms with Crippen molar-refractivity contribution in [2.75, 3.05) is 13.2 Å². The van der Waals surface area contributed by atoms with Gasteiger partial charge in [0.25, 0.3) is 0 Å². The van der Waals surface area contributed by atoms with Gasteiger partial charge in [0.05, 0.1) is 6.04 Å². The van der Waals surface area contributed by atoms with Crippen molar-refractivity contribution in [1.82, 2.24) is 4.90 Å². The van der Waals surface area contributed by atoms with E-state index in [9.17, 15) is 4.79 Å². The molecule has 0 aromatic rings. The summed E-state index contributed by atoms with van der Waals surface area (Å²) in [7, 11) is 0. The highest BCUT2D eigenvalue weighted by atomic mass is 16.6. The van der Waals surface area contributed by atoms with E-state index in [0.717, 1.165) is 6.42 Å². The van der Waals surface area contributed by atoms with E-state index in [1.807, 2.05) is 4.90 Å². The van der Waals surface area contributed by atoms with Gasteiger partial charge in [0.1, 0.15) is 6.61 Å². The number of hydrogen-bond acceptors (Lipinski definition) is 2. The van der Waals surface area contributed by atoms with Crippen molar-refractivity contribution in [2.45, 2.75) is 40.2 Å². The molecule has 0 saturated carbocycles. The predicted molar refractivity (Wildman–Crippen MR) is 65.3 cm³/mol. The first kappa shape index (κ1) is 13.1. The second kappa shape index (κ2) is 5.92. The lowest BCUT2D eigenvalue weighted by molar-refractivity contribution is 0.160. The number of allylic oxidation sites excluding steroid dienone is 1. The zero-order valence-electron chi connectivity index (χ0n) is 10.8. The Labute approximate surface area is 98.5 Å². The van der Waals surface area contributed by atoms with Gasteiger partial charge in [-0.2, -0.15) is 0 Å². The first-order valence-corrected chi connectivity index (χ1v) is 6.10. The maximum atomic E-state index is 11.5. The van der Waals surface area contributed by atoms with E-state index in [2.05, 4.69) is 39.8 Å². The van der Waals surface area contributed by atoms with Gasteiger partial charge in [-0.05, 0) is 18.3 Å². The Bertz CT molecular complexity index is 259. The summed E-state index contributed by atoms with van der Waals surface area (Å²) in [6.45, 7) is 9.83. The molecule has 0 bridgehead atoms. The van der Waals surface area contributed by atoms with Crippen molar-refractivity contribution in [3.63, 3.8) is 0 Å². The lowest BCUT2D eigenvalue weighted by atomic mass is 10.0. The highest BCUT2D eigenvalue weighted by molar-refractivity contribution is 5.70. The van der Waals surface area contributed by atoms with Gasteiger partial charge in [0.15, 0.2) is 0 Å². The van der Waals surface area contributed by atoms with Gasteiger partial charge in [0, 0.05) is 6.54 Å². The van der Waals surface area contributed by atoms with Gasteiger partial charge in [-0.3, -0.25) is 4.90 Å². The molecule has 1 saturated heterocycles. The van der Waals surface area contributed by atoms with Gasteiger partial charge in [0.2, 0.25) is 0 Å². The topological polar surface area (TPSA) is 29.5 Å². The molecule has 1 aliphatic heterocycles. The maximum Gasteiger partial charge on any atom is 0.410 e. The Morgan fingerprint density at radius 1 is 1.38 bits per heavy atom. The Morgan fingerprint density at radius 3 is 2.62 bits per heavy atom. The van der Waals surface area contributed by atoms with E-state index in [1.54, 1.807) is 0 Å². The third kappa shape index (κ3) is 3.54. The van der Waals surface area contributed by atoms with Crippen LogP contribution in [0.15, 0.2) is 12.2 Å². The molecule has 1 rings (SSSR count). The van der Waals surface area contributed by atoms with Crippen molar-refractivity contribution in [3.8, 4) is 0 Å². The average Bonchev–Trinajstić information content (AvgIpc) is 2.54. The van der Waals surface area contributed by atoms with Crippen LogP contribution in [-0.4, -0.2) is 30.2 Å². The molecular weight excluding hydrogens is 202 g/mol. The SMILES string of the molecule is CC(C)CC=CCN1C(=O)OC[C@H]1C(C)C. The maximum absolute atomic E-state index is 11.5. The van der Waals surface area contributed by atoms with Gasteiger partial charge in [-0.1, -0.05) is 39.8 Å². The summed E-state index contributed by atoms with van der Waals surface area (Å²) in [5.41, 5.74) is 0. The van der Waals surface area contributed by atoms with Gasteiger partial charge in [-0.25, -0.2) is 4.79 Å². The molecule has 0 N–H and O–H groups in total. The molecule has 3 heteroatoms. The van der Waals surface area contributed by atoms with Gasteiger partial charge < -0.3 is 4.74 Å². The van der Waals surface area contributed by atoms with Crippen LogP contribution in [0.5, 0.6) is 0 Å². The number of ether oxygens (including phenoxy) is 1. The van der Waals surface area contributed by atoms with Crippen LogP contribution >= 0.6 is 0 Å². The molecule has 92 valence electrons. The van der Waals surface area contributed by atoms with Crippen LogP contribution in [0.3, 0.4) is 0 Å². The van der Waals surface area contributed by atoms with Crippen LogP contribution in [0.2, 0.25) is 0 Å². The largest absolute Gasteiger partial charge is 0.447 e. The zero-order chi connectivity index (χ0) is 12.1. The summed E-state index contributed by atoms with van der Waals surface area (Å²) >= 11 is 0. The average molecular weight is 225 g/mol. The Balaban J connectivity index is 2.44. The number of carbonyl (C=O) groups is 1. The number of nitrogens with zero attached hydrogens (tertiary/aromatic N) is 1. The number of rotatable bonds is 5. The third-order valence-corrected chi connectivity index (χ3v) is 2.86. The molecule has 1 heterocycles. The summed E-state index contributed by atoms with van der Waals surface area (Å²) in [4.78, 5) is 13.3. The second-order valence-electron chi connectivity index (χ2n) is 5.14. The van der Waals surface area contributed by atoms with E-state index in [4.69, 9.17) is 4.74 Å². The van der Waals surface area contributed by atoms with Crippen LogP contribution < -0.4 is 0 Å². The first-order valence-electron chi connectivity index (χ1n) is 6.10. The number of hydrogen-bond donors (Lipinski definition) is 0. The number of cyclic esters (lactones) is 1. The zero-order valence-corrected chi connectivity index (χ0v) is 10.8. The number of amides is 1. The van der Waals surface area contributed by atoms with Gasteiger partial charge >= 0.3 is 6.09 Å². The molecule has 0 aromatic carbocycles. The molecule has 16 heavy (non-hydrogen) atoms. The first-order chi connectivity index (χ1) is 7.52. The van der Waals surface area contributed by atoms with E-state index in [1.165, 1.54) is 0 Å². The van der Waals surface area contributed by atoms with Crippen LogP contribution in [-0.2, 0) is 4.74 Å². The van der Waals surface area contributed by atoms with E-state index >= 15 is 0 Å². The molecule has 0 aromatic heterocycles. The van der Waals surface area contributed by atoms with Crippen molar-refractivity contribution >= 4 is 6.09 Å². The Hall–Kier alpha value is -0.990. The minimum absolute atomic E-state index is 0.173. The molecule has 0 aliphatic carbocycles. The summed E-state index contributed by atoms with van der Waals surface area (Å²) in [5.74, 6) is 1.12. The van der Waals surface area contributed by atoms with Crippen LogP contribution in [0.4, 0.5) is 4.79 Å². The minimum atomic E-state index is -0.173. The summed E-state index contributed by atoms with van der Waals surface area (Å²) in [5, 5.41) is 0. The second-order valence-corrected chi connectivity index (χ2v) is 5.14. The smallest absolute Gasteiger partial charge is 0.410 e. The quantitative estimate of drug-likeness (QED) is 0.673. The summed E-state index contributed by atoms with van der Waals surface area (Å²) < 4.78 is 5.07. The van der Waals surface area contributed by atoms with Crippen LogP contribution in [0, 0.1) is 11.8 Å². The summed E-state index contributed by atoms with van der Waals surface area (Å²) in [6.07, 6.45) is 5.11. The van der Waals surface area contributed by atoms with Crippen molar-refractivity contribution in [3.05, 3.63) is 12.2 Å². The lowest BCUT2D eigenvalue weighted by Crippen LogP contribution is -2.37. The lowest BCUT2D eigenvalue weighted by Gasteiger charge is -2.22. The van der Waals surface area contributed by atoms with Crippen molar-refractivity contribution in [1.29, 1.82) is 0 Å². The fourth-order valence-corrected chi connectivity index (χ4v) is 1.78. The predicted octanol–water partition coefficient (Wildman–Crippen LogP) is 3.07. The molecule has 0 unspecified atom stereocenters. The molecule has 3 nitrogen and oxygen atoms in total. The fourth-order valence-electron chi connectivity index (χ4n) is 1.78. The van der Waals surface area contributed by atoms with Crippen molar-refractivity contribution in [2.24, 2.45) is 11.8 Å². The molecular formula is C13H23NO2. The van der Waals surface area contributed by atoms with Crippen molar-refractivity contribution < 1.29 is 9.53 Å². The Morgan fingerprint density at radius 2 is 2.06 bits per heavy atom. The Kier molecular flexibility index (Phi) is 4.84. The third-order valence-electron chi connectivity index (χ3n) is 2.86. The highest BCUT2D eigenvalue weighted by Gasteiger charge is 2.33. The molecule has 1 amide bonds. The molecule has 1 atom stereocenters. The minimum Gasteiger partial charge on any atom is -0.447 e.